The lowest BCUT2D eigenvalue weighted by Gasteiger charge is -2.19. The largest absolute Gasteiger partial charge is 0.494 e. The van der Waals surface area contributed by atoms with Crippen LogP contribution in [0.3, 0.4) is 0 Å². The highest BCUT2D eigenvalue weighted by Crippen LogP contribution is 2.30. The summed E-state index contributed by atoms with van der Waals surface area (Å²) in [6, 6.07) is 8.46. The van der Waals surface area contributed by atoms with E-state index in [2.05, 4.69) is 5.43 Å². The quantitative estimate of drug-likeness (QED) is 0.657. The number of methoxy groups -OCH3 is 1. The minimum Gasteiger partial charge on any atom is -0.494 e. The fourth-order valence-electron chi connectivity index (χ4n) is 2.18. The Bertz CT molecular complexity index is 617. The first kappa shape index (κ1) is 15.7. The summed E-state index contributed by atoms with van der Waals surface area (Å²) < 4.78 is 33.0. The monoisotopic (exact) mass is 312 g/mol. The summed E-state index contributed by atoms with van der Waals surface area (Å²) >= 11 is 6.01. The summed E-state index contributed by atoms with van der Waals surface area (Å²) in [5, 5.41) is 0.237. The molecule has 0 bridgehead atoms. The van der Waals surface area contributed by atoms with Gasteiger partial charge in [0.2, 0.25) is 0 Å². The minimum absolute atomic E-state index is 0.128. The van der Waals surface area contributed by atoms with Gasteiger partial charge in [-0.15, -0.1) is 0 Å². The van der Waals surface area contributed by atoms with E-state index in [4.69, 9.17) is 22.2 Å². The van der Waals surface area contributed by atoms with Crippen LogP contribution >= 0.6 is 11.6 Å². The summed E-state index contributed by atoms with van der Waals surface area (Å²) in [7, 11) is 1.38. The fourth-order valence-corrected chi connectivity index (χ4v) is 2.47. The molecule has 0 aliphatic heterocycles. The van der Waals surface area contributed by atoms with Gasteiger partial charge in [0.1, 0.15) is 5.82 Å². The second kappa shape index (κ2) is 6.85. The number of halogens is 3. The molecule has 112 valence electrons. The summed E-state index contributed by atoms with van der Waals surface area (Å²) in [6.45, 7) is 0. The van der Waals surface area contributed by atoms with Crippen molar-refractivity contribution < 1.29 is 13.5 Å². The van der Waals surface area contributed by atoms with Gasteiger partial charge < -0.3 is 4.74 Å². The number of nitrogens with one attached hydrogen (secondary N) is 1. The second-order valence-electron chi connectivity index (χ2n) is 4.49. The first-order valence-electron chi connectivity index (χ1n) is 6.30. The third-order valence-electron chi connectivity index (χ3n) is 3.24. The Morgan fingerprint density at radius 2 is 1.95 bits per heavy atom. The summed E-state index contributed by atoms with van der Waals surface area (Å²) in [6.07, 6.45) is 0.139. The van der Waals surface area contributed by atoms with Crippen LogP contribution in [0.2, 0.25) is 5.02 Å². The van der Waals surface area contributed by atoms with Crippen molar-refractivity contribution >= 4 is 11.6 Å². The highest BCUT2D eigenvalue weighted by Gasteiger charge is 2.20. The molecule has 6 heteroatoms. The van der Waals surface area contributed by atoms with E-state index in [1.807, 2.05) is 0 Å². The normalized spacial score (nSPS) is 12.2. The molecule has 2 aromatic rings. The van der Waals surface area contributed by atoms with Crippen LogP contribution in [0.4, 0.5) is 8.78 Å². The molecular weight excluding hydrogens is 298 g/mol. The number of rotatable bonds is 5. The van der Waals surface area contributed by atoms with Crippen LogP contribution < -0.4 is 16.0 Å². The highest BCUT2D eigenvalue weighted by atomic mass is 35.5. The van der Waals surface area contributed by atoms with Crippen molar-refractivity contribution in [2.45, 2.75) is 12.5 Å². The zero-order valence-corrected chi connectivity index (χ0v) is 12.1. The zero-order chi connectivity index (χ0) is 15.4. The predicted molar refractivity (Wildman–Crippen MR) is 78.1 cm³/mol. The van der Waals surface area contributed by atoms with Gasteiger partial charge in [-0.05, 0) is 30.2 Å². The zero-order valence-electron chi connectivity index (χ0n) is 11.4. The molecule has 1 unspecified atom stereocenters. The highest BCUT2D eigenvalue weighted by molar-refractivity contribution is 6.31. The van der Waals surface area contributed by atoms with Crippen molar-refractivity contribution in [3.63, 3.8) is 0 Å². The van der Waals surface area contributed by atoms with E-state index in [0.717, 1.165) is 0 Å². The molecule has 3 N–H and O–H groups in total. The van der Waals surface area contributed by atoms with Crippen molar-refractivity contribution in [1.82, 2.24) is 5.43 Å². The first-order chi connectivity index (χ1) is 10.1. The van der Waals surface area contributed by atoms with E-state index in [9.17, 15) is 8.78 Å². The maximum absolute atomic E-state index is 14.2. The Balaban J connectivity index is 2.36. The lowest BCUT2D eigenvalue weighted by molar-refractivity contribution is 0.382. The molecule has 0 aromatic heterocycles. The molecule has 0 heterocycles. The van der Waals surface area contributed by atoms with E-state index in [0.29, 0.717) is 5.56 Å². The van der Waals surface area contributed by atoms with Gasteiger partial charge >= 0.3 is 0 Å². The molecule has 0 spiro atoms. The van der Waals surface area contributed by atoms with Gasteiger partial charge in [-0.25, -0.2) is 8.78 Å². The van der Waals surface area contributed by atoms with Gasteiger partial charge in [0.05, 0.1) is 13.2 Å². The predicted octanol–water partition coefficient (Wildman–Crippen LogP) is 3.37. The van der Waals surface area contributed by atoms with E-state index < -0.39 is 17.7 Å². The average molecular weight is 313 g/mol. The number of nitrogens with two attached hydrogens (primary N) is 1. The van der Waals surface area contributed by atoms with Gasteiger partial charge in [-0.3, -0.25) is 11.3 Å². The van der Waals surface area contributed by atoms with E-state index >= 15 is 0 Å². The number of ether oxygens (including phenoxy) is 1. The van der Waals surface area contributed by atoms with Gasteiger partial charge in [0.15, 0.2) is 11.6 Å². The van der Waals surface area contributed by atoms with Crippen LogP contribution in [0.5, 0.6) is 5.75 Å². The molecule has 2 rings (SSSR count). The van der Waals surface area contributed by atoms with Gasteiger partial charge in [0.25, 0.3) is 0 Å². The Kier molecular flexibility index (Phi) is 5.12. The SMILES string of the molecule is COc1cccc(CC(NN)c2c(F)cccc2Cl)c1F. The molecular formula is C15H15ClF2N2O. The molecule has 1 atom stereocenters. The lowest BCUT2D eigenvalue weighted by atomic mass is 9.98. The summed E-state index contributed by atoms with van der Waals surface area (Å²) in [5.74, 6) is 4.62. The molecule has 0 aliphatic rings. The Hall–Kier alpha value is -1.69. The Morgan fingerprint density at radius 3 is 2.57 bits per heavy atom. The maximum atomic E-state index is 14.2. The molecule has 0 saturated carbocycles. The second-order valence-corrected chi connectivity index (χ2v) is 4.90. The average Bonchev–Trinajstić information content (AvgIpc) is 2.47. The molecule has 0 saturated heterocycles. The third-order valence-corrected chi connectivity index (χ3v) is 3.57. The number of hydrazine groups is 1. The van der Waals surface area contributed by atoms with Crippen molar-refractivity contribution in [3.8, 4) is 5.75 Å². The number of hydrogen-bond donors (Lipinski definition) is 2. The van der Waals surface area contributed by atoms with Crippen LogP contribution in [0.25, 0.3) is 0 Å². The standard InChI is InChI=1S/C15H15ClF2N2O/c1-21-13-7-2-4-9(15(13)18)8-12(20-19)14-10(16)5-3-6-11(14)17/h2-7,12,20H,8,19H2,1H3. The molecule has 2 aromatic carbocycles. The van der Waals surface area contributed by atoms with E-state index in [1.165, 1.54) is 25.3 Å². The third kappa shape index (κ3) is 3.32. The summed E-state index contributed by atoms with van der Waals surface area (Å²) in [4.78, 5) is 0. The number of hydrogen-bond acceptors (Lipinski definition) is 3. The van der Waals surface area contributed by atoms with E-state index in [1.54, 1.807) is 18.2 Å². The minimum atomic E-state index is -0.652. The van der Waals surface area contributed by atoms with Crippen LogP contribution in [0.15, 0.2) is 36.4 Å². The van der Waals surface area contributed by atoms with Gasteiger partial charge in [-0.1, -0.05) is 29.8 Å². The smallest absolute Gasteiger partial charge is 0.168 e. The topological polar surface area (TPSA) is 47.3 Å². The van der Waals surface area contributed by atoms with Crippen LogP contribution in [0, 0.1) is 11.6 Å². The molecule has 0 amide bonds. The van der Waals surface area contributed by atoms with Crippen LogP contribution in [-0.4, -0.2) is 7.11 Å². The summed E-state index contributed by atoms with van der Waals surface area (Å²) in [5.41, 5.74) is 3.05. The maximum Gasteiger partial charge on any atom is 0.168 e. The number of benzene rings is 2. The Labute approximate surface area is 126 Å². The van der Waals surface area contributed by atoms with Crippen LogP contribution in [0.1, 0.15) is 17.2 Å². The molecule has 0 fully saturated rings. The van der Waals surface area contributed by atoms with Crippen molar-refractivity contribution in [2.75, 3.05) is 7.11 Å². The van der Waals surface area contributed by atoms with Gasteiger partial charge in [-0.2, -0.15) is 0 Å². The van der Waals surface area contributed by atoms with Crippen LogP contribution in [-0.2, 0) is 6.42 Å². The molecule has 21 heavy (non-hydrogen) atoms. The van der Waals surface area contributed by atoms with Crippen molar-refractivity contribution in [2.24, 2.45) is 5.84 Å². The molecule has 0 aliphatic carbocycles. The fraction of sp³-hybridized carbons (Fsp3) is 0.200. The van der Waals surface area contributed by atoms with Crippen molar-refractivity contribution in [1.29, 1.82) is 0 Å². The van der Waals surface area contributed by atoms with Crippen molar-refractivity contribution in [3.05, 3.63) is 64.2 Å². The van der Waals surface area contributed by atoms with Gasteiger partial charge in [0, 0.05) is 10.6 Å². The molecule has 0 radical (unpaired) electrons. The van der Waals surface area contributed by atoms with E-state index in [-0.39, 0.29) is 22.8 Å². The Morgan fingerprint density at radius 1 is 1.24 bits per heavy atom. The lowest BCUT2D eigenvalue weighted by Crippen LogP contribution is -2.30. The molecule has 3 nitrogen and oxygen atoms in total. The first-order valence-corrected chi connectivity index (χ1v) is 6.67.